The second-order valence-electron chi connectivity index (χ2n) is 5.43. The zero-order valence-corrected chi connectivity index (χ0v) is 13.1. The largest absolute Gasteiger partial charge is 0.385 e. The summed E-state index contributed by atoms with van der Waals surface area (Å²) in [6, 6.07) is 0. The quantitative estimate of drug-likeness (QED) is 0.321. The molecule has 0 fully saturated rings. The Morgan fingerprint density at radius 1 is 0.448 bits per heavy atom. The minimum atomic E-state index is -8.67. The monoisotopic (exact) mass is 480 g/mol. The van der Waals surface area contributed by atoms with Crippen molar-refractivity contribution in [3.63, 3.8) is 0 Å². The number of rotatable bonds is 9. The molecule has 0 atom stereocenters. The summed E-state index contributed by atoms with van der Waals surface area (Å²) in [6.07, 6.45) is -8.45. The lowest BCUT2D eigenvalue weighted by atomic mass is 9.87. The van der Waals surface area contributed by atoms with Crippen molar-refractivity contribution in [2.24, 2.45) is 0 Å². The number of alkyl halides is 18. The highest BCUT2D eigenvalue weighted by Gasteiger charge is 2.95. The summed E-state index contributed by atoms with van der Waals surface area (Å²) >= 11 is 0. The molecule has 0 aliphatic rings. The van der Waals surface area contributed by atoms with Crippen molar-refractivity contribution in [2.45, 2.75) is 67.2 Å². The molecule has 0 radical (unpaired) electrons. The third-order valence-corrected chi connectivity index (χ3v) is 3.57. The van der Waals surface area contributed by atoms with E-state index in [1.807, 2.05) is 0 Å². The zero-order valence-electron chi connectivity index (χ0n) is 13.1. The maximum absolute atomic E-state index is 13.2. The summed E-state index contributed by atoms with van der Waals surface area (Å²) in [5, 5.41) is 0. The van der Waals surface area contributed by atoms with E-state index in [2.05, 4.69) is 0 Å². The number of hydrogen-bond acceptors (Lipinski definition) is 0. The summed E-state index contributed by atoms with van der Waals surface area (Å²) in [6.45, 7) is -0.0911. The van der Waals surface area contributed by atoms with E-state index in [9.17, 15) is 79.0 Å². The zero-order chi connectivity index (χ0) is 24.3. The third kappa shape index (κ3) is 3.27. The van der Waals surface area contributed by atoms with Crippen LogP contribution < -0.4 is 0 Å². The molecule has 0 aromatic heterocycles. The van der Waals surface area contributed by atoms with Gasteiger partial charge in [0.05, 0.1) is 0 Å². The van der Waals surface area contributed by atoms with Gasteiger partial charge < -0.3 is 0 Å². The summed E-state index contributed by atoms with van der Waals surface area (Å²) in [7, 11) is 0. The summed E-state index contributed by atoms with van der Waals surface area (Å²) in [5.74, 6) is -63.8. The van der Waals surface area contributed by atoms with Crippen molar-refractivity contribution >= 4 is 0 Å². The molecule has 0 heterocycles. The molecular formula is C11H6F18. The van der Waals surface area contributed by atoms with Crippen LogP contribution in [0.5, 0.6) is 0 Å². The van der Waals surface area contributed by atoms with E-state index >= 15 is 0 Å². The van der Waals surface area contributed by atoms with Crippen LogP contribution in [-0.4, -0.2) is 53.8 Å². The van der Waals surface area contributed by atoms with Crippen LogP contribution in [0.15, 0.2) is 0 Å². The van der Waals surface area contributed by atoms with E-state index in [0.29, 0.717) is 0 Å². The minimum Gasteiger partial charge on any atom is -0.203 e. The van der Waals surface area contributed by atoms with Crippen LogP contribution >= 0.6 is 0 Å². The standard InChI is InChI=1S/C11H6F18/c1-2-4(14,15)6(18,19)8(22,23)10(26,27)11(28,29)9(24,25)7(20,21)5(16,17)3(12)13/h3H,2H2,1H3. The Bertz CT molecular complexity index is 587. The molecule has 0 amide bonds. The van der Waals surface area contributed by atoms with Gasteiger partial charge in [0.1, 0.15) is 0 Å². The van der Waals surface area contributed by atoms with Gasteiger partial charge >= 0.3 is 53.8 Å². The maximum Gasteiger partial charge on any atom is 0.385 e. The summed E-state index contributed by atoms with van der Waals surface area (Å²) in [5.41, 5.74) is 0. The van der Waals surface area contributed by atoms with Gasteiger partial charge in [-0.1, -0.05) is 6.92 Å². The average Bonchev–Trinajstić information content (AvgIpc) is 2.53. The number of halogens is 18. The Kier molecular flexibility index (Phi) is 6.58. The van der Waals surface area contributed by atoms with Crippen molar-refractivity contribution < 1.29 is 79.0 Å². The molecule has 176 valence electrons. The predicted molar refractivity (Wildman–Crippen MR) is 55.9 cm³/mol. The van der Waals surface area contributed by atoms with Crippen LogP contribution in [0.25, 0.3) is 0 Å². The van der Waals surface area contributed by atoms with Crippen LogP contribution in [0.3, 0.4) is 0 Å². The van der Waals surface area contributed by atoms with Gasteiger partial charge in [-0.05, 0) is 0 Å². The maximum atomic E-state index is 13.2. The van der Waals surface area contributed by atoms with E-state index in [0.717, 1.165) is 0 Å². The number of hydrogen-bond donors (Lipinski definition) is 0. The first-order valence-corrected chi connectivity index (χ1v) is 6.56. The van der Waals surface area contributed by atoms with E-state index in [1.165, 1.54) is 0 Å². The van der Waals surface area contributed by atoms with Crippen LogP contribution in [0, 0.1) is 0 Å². The van der Waals surface area contributed by atoms with Gasteiger partial charge in [-0.25, -0.2) is 8.78 Å². The fourth-order valence-corrected chi connectivity index (χ4v) is 1.59. The highest BCUT2D eigenvalue weighted by Crippen LogP contribution is 2.64. The molecule has 0 bridgehead atoms. The van der Waals surface area contributed by atoms with E-state index in [1.54, 1.807) is 0 Å². The molecule has 29 heavy (non-hydrogen) atoms. The fraction of sp³-hybridized carbons (Fsp3) is 1.00. The summed E-state index contributed by atoms with van der Waals surface area (Å²) < 4.78 is 231. The van der Waals surface area contributed by atoms with Crippen molar-refractivity contribution in [2.75, 3.05) is 0 Å². The molecule has 0 aromatic carbocycles. The Morgan fingerprint density at radius 2 is 0.690 bits per heavy atom. The first-order valence-electron chi connectivity index (χ1n) is 6.56. The van der Waals surface area contributed by atoms with Crippen LogP contribution in [0.1, 0.15) is 13.3 Å². The van der Waals surface area contributed by atoms with Gasteiger partial charge in [-0.15, -0.1) is 0 Å². The molecule has 0 spiro atoms. The first kappa shape index (κ1) is 27.7. The highest BCUT2D eigenvalue weighted by atomic mass is 19.4. The minimum absolute atomic E-state index is 0.0911. The molecule has 18 heteroatoms. The molecule has 0 aromatic rings. The second kappa shape index (κ2) is 6.88. The normalized spacial score (nSPS) is 16.6. The van der Waals surface area contributed by atoms with Gasteiger partial charge in [0.25, 0.3) is 0 Å². The van der Waals surface area contributed by atoms with E-state index in [4.69, 9.17) is 0 Å². The first-order chi connectivity index (χ1) is 12.3. The Labute approximate surface area is 147 Å². The van der Waals surface area contributed by atoms with E-state index in [-0.39, 0.29) is 6.92 Å². The lowest BCUT2D eigenvalue weighted by molar-refractivity contribution is -0.457. The van der Waals surface area contributed by atoms with Crippen molar-refractivity contribution in [3.05, 3.63) is 0 Å². The van der Waals surface area contributed by atoms with Crippen molar-refractivity contribution in [1.29, 1.82) is 0 Å². The molecular weight excluding hydrogens is 474 g/mol. The topological polar surface area (TPSA) is 0 Å². The van der Waals surface area contributed by atoms with Gasteiger partial charge in [-0.2, -0.15) is 70.2 Å². The van der Waals surface area contributed by atoms with Crippen LogP contribution in [0.2, 0.25) is 0 Å². The molecule has 0 unspecified atom stereocenters. The van der Waals surface area contributed by atoms with Crippen LogP contribution in [0.4, 0.5) is 79.0 Å². The second-order valence-corrected chi connectivity index (χ2v) is 5.43. The van der Waals surface area contributed by atoms with Gasteiger partial charge in [0.2, 0.25) is 0 Å². The lowest BCUT2D eigenvalue weighted by Crippen LogP contribution is -2.75. The lowest BCUT2D eigenvalue weighted by Gasteiger charge is -2.43. The van der Waals surface area contributed by atoms with Gasteiger partial charge in [0, 0.05) is 6.42 Å². The van der Waals surface area contributed by atoms with Crippen molar-refractivity contribution in [1.82, 2.24) is 0 Å². The smallest absolute Gasteiger partial charge is 0.203 e. The molecule has 0 nitrogen and oxygen atoms in total. The third-order valence-electron chi connectivity index (χ3n) is 3.57. The average molecular weight is 480 g/mol. The predicted octanol–water partition coefficient (Wildman–Crippen LogP) is 6.74. The molecule has 0 saturated carbocycles. The Balaban J connectivity index is 6.76. The molecule has 0 rings (SSSR count). The van der Waals surface area contributed by atoms with E-state index < -0.39 is 60.2 Å². The van der Waals surface area contributed by atoms with Crippen LogP contribution in [-0.2, 0) is 0 Å². The fourth-order valence-electron chi connectivity index (χ4n) is 1.59. The Morgan fingerprint density at radius 3 is 0.931 bits per heavy atom. The Hall–Kier alpha value is -1.26. The van der Waals surface area contributed by atoms with Gasteiger partial charge in [0.15, 0.2) is 0 Å². The molecule has 0 saturated heterocycles. The molecule has 0 N–H and O–H groups in total. The summed E-state index contributed by atoms with van der Waals surface area (Å²) in [4.78, 5) is 0. The van der Waals surface area contributed by atoms with Gasteiger partial charge in [-0.3, -0.25) is 0 Å². The van der Waals surface area contributed by atoms with Crippen molar-refractivity contribution in [3.8, 4) is 0 Å². The highest BCUT2D eigenvalue weighted by molar-refractivity contribution is 5.16. The molecule has 0 aliphatic heterocycles. The molecule has 0 aliphatic carbocycles. The SMILES string of the molecule is CCC(F)(F)C(F)(F)C(F)(F)C(F)(F)C(F)(F)C(F)(F)C(F)(F)C(F)(F)C(F)F.